The number of nitrogens with zero attached hydrogens (tertiary/aromatic N) is 2. The Morgan fingerprint density at radius 1 is 0.897 bits per heavy atom. The van der Waals surface area contributed by atoms with Gasteiger partial charge in [-0.05, 0) is 56.7 Å². The zero-order chi connectivity index (χ0) is 20.7. The summed E-state index contributed by atoms with van der Waals surface area (Å²) in [4.78, 5) is 30.7. The van der Waals surface area contributed by atoms with E-state index in [1.807, 2.05) is 63.2 Å². The normalized spacial score (nSPS) is 20.1. The SMILES string of the molecule is Cc1ccc(C2=C(N3CCCC(C)C3)C(=O)N(c3ccc(C)cc3C)C2=O)cc1. The first-order valence-electron chi connectivity index (χ1n) is 10.4. The topological polar surface area (TPSA) is 40.6 Å². The van der Waals surface area contributed by atoms with E-state index in [1.54, 1.807) is 0 Å². The Hall–Kier alpha value is -2.88. The van der Waals surface area contributed by atoms with Crippen LogP contribution in [0.2, 0.25) is 0 Å². The van der Waals surface area contributed by atoms with Gasteiger partial charge in [0.1, 0.15) is 5.70 Å². The van der Waals surface area contributed by atoms with Crippen molar-refractivity contribution in [2.75, 3.05) is 18.0 Å². The lowest BCUT2D eigenvalue weighted by Crippen LogP contribution is -2.39. The summed E-state index contributed by atoms with van der Waals surface area (Å²) >= 11 is 0. The molecule has 2 aromatic rings. The van der Waals surface area contributed by atoms with Gasteiger partial charge in [-0.1, -0.05) is 54.4 Å². The Morgan fingerprint density at radius 3 is 2.24 bits per heavy atom. The fraction of sp³-hybridized carbons (Fsp3) is 0.360. The predicted molar refractivity (Wildman–Crippen MR) is 116 cm³/mol. The minimum Gasteiger partial charge on any atom is -0.366 e. The molecule has 1 fully saturated rings. The average molecular weight is 389 g/mol. The van der Waals surface area contributed by atoms with Crippen molar-refractivity contribution in [3.8, 4) is 0 Å². The molecule has 0 aliphatic carbocycles. The van der Waals surface area contributed by atoms with Crippen molar-refractivity contribution in [2.24, 2.45) is 5.92 Å². The van der Waals surface area contributed by atoms with Crippen LogP contribution >= 0.6 is 0 Å². The second kappa shape index (κ2) is 7.51. The van der Waals surface area contributed by atoms with Crippen molar-refractivity contribution in [1.29, 1.82) is 0 Å². The third kappa shape index (κ3) is 3.48. The fourth-order valence-corrected chi connectivity index (χ4v) is 4.46. The Balaban J connectivity index is 1.84. The van der Waals surface area contributed by atoms with E-state index in [1.165, 1.54) is 4.90 Å². The summed E-state index contributed by atoms with van der Waals surface area (Å²) in [5, 5.41) is 0. The van der Waals surface area contributed by atoms with E-state index in [0.717, 1.165) is 48.2 Å². The lowest BCUT2D eigenvalue weighted by molar-refractivity contribution is -0.120. The molecule has 2 aliphatic heterocycles. The second-order valence-electron chi connectivity index (χ2n) is 8.52. The molecule has 150 valence electrons. The van der Waals surface area contributed by atoms with Gasteiger partial charge < -0.3 is 4.90 Å². The molecule has 4 nitrogen and oxygen atoms in total. The molecule has 2 aromatic carbocycles. The highest BCUT2D eigenvalue weighted by Crippen LogP contribution is 2.37. The number of carbonyl (C=O) groups excluding carboxylic acids is 2. The monoisotopic (exact) mass is 388 g/mol. The number of rotatable bonds is 3. The molecule has 1 saturated heterocycles. The van der Waals surface area contributed by atoms with Gasteiger partial charge in [0, 0.05) is 13.1 Å². The van der Waals surface area contributed by atoms with Gasteiger partial charge in [-0.3, -0.25) is 9.59 Å². The third-order valence-corrected chi connectivity index (χ3v) is 5.97. The molecule has 0 saturated carbocycles. The van der Waals surface area contributed by atoms with Crippen LogP contribution in [0.3, 0.4) is 0 Å². The summed E-state index contributed by atoms with van der Waals surface area (Å²) in [5.74, 6) is 0.0826. The van der Waals surface area contributed by atoms with Crippen molar-refractivity contribution in [3.05, 3.63) is 70.4 Å². The number of hydrogen-bond donors (Lipinski definition) is 0. The molecule has 1 unspecified atom stereocenters. The van der Waals surface area contributed by atoms with Crippen LogP contribution in [0.1, 0.15) is 42.0 Å². The van der Waals surface area contributed by atoms with Crippen LogP contribution in [0.25, 0.3) is 5.57 Å². The van der Waals surface area contributed by atoms with Gasteiger partial charge in [0.25, 0.3) is 11.8 Å². The van der Waals surface area contributed by atoms with E-state index in [-0.39, 0.29) is 11.8 Å². The van der Waals surface area contributed by atoms with E-state index >= 15 is 0 Å². The molecule has 0 aromatic heterocycles. The van der Waals surface area contributed by atoms with E-state index in [2.05, 4.69) is 11.8 Å². The van der Waals surface area contributed by atoms with Crippen LogP contribution in [0.4, 0.5) is 5.69 Å². The number of amides is 2. The van der Waals surface area contributed by atoms with E-state index in [9.17, 15) is 9.59 Å². The van der Waals surface area contributed by atoms with Gasteiger partial charge >= 0.3 is 0 Å². The van der Waals surface area contributed by atoms with Gasteiger partial charge in [0.05, 0.1) is 11.3 Å². The Labute approximate surface area is 172 Å². The molecule has 1 atom stereocenters. The Kier molecular flexibility index (Phi) is 5.03. The molecule has 0 radical (unpaired) electrons. The number of carbonyl (C=O) groups is 2. The van der Waals surface area contributed by atoms with Crippen LogP contribution in [0, 0.1) is 26.7 Å². The molecule has 2 heterocycles. The highest BCUT2D eigenvalue weighted by Gasteiger charge is 2.43. The van der Waals surface area contributed by atoms with Crippen LogP contribution < -0.4 is 4.90 Å². The maximum absolute atomic E-state index is 13.6. The van der Waals surface area contributed by atoms with Crippen molar-refractivity contribution >= 4 is 23.1 Å². The van der Waals surface area contributed by atoms with Crippen LogP contribution in [0.5, 0.6) is 0 Å². The van der Waals surface area contributed by atoms with Crippen LogP contribution in [-0.4, -0.2) is 29.8 Å². The van der Waals surface area contributed by atoms with Crippen LogP contribution in [0.15, 0.2) is 48.2 Å². The number of piperidine rings is 1. The smallest absolute Gasteiger partial charge is 0.282 e. The Morgan fingerprint density at radius 2 is 1.59 bits per heavy atom. The summed E-state index contributed by atoms with van der Waals surface area (Å²) in [5.41, 5.74) is 5.76. The van der Waals surface area contributed by atoms with Crippen molar-refractivity contribution < 1.29 is 9.59 Å². The van der Waals surface area contributed by atoms with Crippen molar-refractivity contribution in [1.82, 2.24) is 4.90 Å². The summed E-state index contributed by atoms with van der Waals surface area (Å²) in [7, 11) is 0. The van der Waals surface area contributed by atoms with E-state index in [4.69, 9.17) is 0 Å². The minimum absolute atomic E-state index is 0.202. The van der Waals surface area contributed by atoms with Gasteiger partial charge in [-0.15, -0.1) is 0 Å². The number of aryl methyl sites for hydroxylation is 3. The van der Waals surface area contributed by atoms with Gasteiger partial charge in [-0.2, -0.15) is 0 Å². The first-order valence-corrected chi connectivity index (χ1v) is 10.4. The van der Waals surface area contributed by atoms with E-state index in [0.29, 0.717) is 22.9 Å². The molecular formula is C25H28N2O2. The molecule has 4 heteroatoms. The lowest BCUT2D eigenvalue weighted by Gasteiger charge is -2.33. The zero-order valence-electron chi connectivity index (χ0n) is 17.7. The molecule has 0 spiro atoms. The predicted octanol–water partition coefficient (Wildman–Crippen LogP) is 4.63. The maximum atomic E-state index is 13.6. The third-order valence-electron chi connectivity index (χ3n) is 5.97. The number of anilines is 1. The molecule has 0 bridgehead atoms. The quantitative estimate of drug-likeness (QED) is 0.720. The van der Waals surface area contributed by atoms with Crippen molar-refractivity contribution in [2.45, 2.75) is 40.5 Å². The number of hydrogen-bond acceptors (Lipinski definition) is 3. The number of benzene rings is 2. The molecule has 4 rings (SSSR count). The standard InChI is InChI=1S/C25H28N2O2/c1-16-7-10-20(11-8-16)22-23(26-13-5-6-18(3)15-26)25(29)27(24(22)28)21-12-9-17(2)14-19(21)4/h7-12,14,18H,5-6,13,15H2,1-4H3. The molecule has 29 heavy (non-hydrogen) atoms. The summed E-state index contributed by atoms with van der Waals surface area (Å²) in [6, 6.07) is 13.8. The molecule has 0 N–H and O–H groups in total. The van der Waals surface area contributed by atoms with Gasteiger partial charge in [0.15, 0.2) is 0 Å². The first-order chi connectivity index (χ1) is 13.9. The van der Waals surface area contributed by atoms with E-state index < -0.39 is 0 Å². The molecule has 2 aliphatic rings. The van der Waals surface area contributed by atoms with Gasteiger partial charge in [0.2, 0.25) is 0 Å². The maximum Gasteiger partial charge on any atom is 0.282 e. The average Bonchev–Trinajstić information content (AvgIpc) is 2.93. The fourth-order valence-electron chi connectivity index (χ4n) is 4.46. The minimum atomic E-state index is -0.223. The molecular weight excluding hydrogens is 360 g/mol. The van der Waals surface area contributed by atoms with Gasteiger partial charge in [-0.25, -0.2) is 4.90 Å². The summed E-state index contributed by atoms with van der Waals surface area (Å²) < 4.78 is 0. The largest absolute Gasteiger partial charge is 0.366 e. The zero-order valence-corrected chi connectivity index (χ0v) is 17.7. The number of imide groups is 1. The number of likely N-dealkylation sites (tertiary alicyclic amines) is 1. The van der Waals surface area contributed by atoms with Crippen LogP contribution in [-0.2, 0) is 9.59 Å². The summed E-state index contributed by atoms with van der Waals surface area (Å²) in [6.07, 6.45) is 2.20. The van der Waals surface area contributed by atoms with Crippen molar-refractivity contribution in [3.63, 3.8) is 0 Å². The first kappa shape index (κ1) is 19.4. The molecule has 2 amide bonds. The summed E-state index contributed by atoms with van der Waals surface area (Å²) in [6.45, 7) is 9.83. The second-order valence-corrected chi connectivity index (χ2v) is 8.52. The lowest BCUT2D eigenvalue weighted by atomic mass is 9.97. The highest BCUT2D eigenvalue weighted by molar-refractivity contribution is 6.45. The highest BCUT2D eigenvalue weighted by atomic mass is 16.2. The Bertz CT molecular complexity index is 1000.